The predicted molar refractivity (Wildman–Crippen MR) is 190 cm³/mol. The Balaban J connectivity index is 1.45. The zero-order valence-corrected chi connectivity index (χ0v) is 29.9. The van der Waals surface area contributed by atoms with Crippen LogP contribution >= 0.6 is 0 Å². The Kier molecular flexibility index (Phi) is 9.29. The number of aromatic nitrogens is 4. The summed E-state index contributed by atoms with van der Waals surface area (Å²) in [5, 5.41) is 10.0. The van der Waals surface area contributed by atoms with E-state index in [9.17, 15) is 14.7 Å². The van der Waals surface area contributed by atoms with Gasteiger partial charge in [0.2, 0.25) is 0 Å². The lowest BCUT2D eigenvalue weighted by molar-refractivity contribution is -0.150. The molecule has 50 heavy (non-hydrogen) atoms. The molecule has 0 radical (unpaired) electrons. The number of ether oxygens (including phenoxy) is 2. The van der Waals surface area contributed by atoms with E-state index in [0.717, 1.165) is 16.7 Å². The van der Waals surface area contributed by atoms with E-state index in [1.54, 1.807) is 7.11 Å². The van der Waals surface area contributed by atoms with Gasteiger partial charge in [0.05, 0.1) is 20.0 Å². The third-order valence-corrected chi connectivity index (χ3v) is 14.5. The summed E-state index contributed by atoms with van der Waals surface area (Å²) >= 11 is 0. The number of methoxy groups -OCH3 is 1. The highest BCUT2D eigenvalue weighted by Crippen LogP contribution is 2.46. The Bertz CT molecular complexity index is 1980. The minimum absolute atomic E-state index is 0.0425. The summed E-state index contributed by atoms with van der Waals surface area (Å²) in [5.41, 5.74) is 2.34. The number of benzene rings is 3. The first-order valence-electron chi connectivity index (χ1n) is 16.4. The molecule has 3 heterocycles. The van der Waals surface area contributed by atoms with Crippen LogP contribution in [-0.2, 0) is 19.5 Å². The number of rotatable bonds is 11. The smallest absolute Gasteiger partial charge is 0.300 e. The van der Waals surface area contributed by atoms with Crippen LogP contribution in [0.1, 0.15) is 43.7 Å². The molecule has 262 valence electrons. The van der Waals surface area contributed by atoms with E-state index in [2.05, 4.69) is 15.4 Å². The molecule has 1 saturated heterocycles. The van der Waals surface area contributed by atoms with Crippen molar-refractivity contribution in [1.29, 1.82) is 0 Å². The minimum Gasteiger partial charge on any atom is -0.497 e. The van der Waals surface area contributed by atoms with Crippen LogP contribution in [0, 0.1) is 0 Å². The van der Waals surface area contributed by atoms with E-state index < -0.39 is 50.1 Å². The Morgan fingerprint density at radius 1 is 0.960 bits per heavy atom. The van der Waals surface area contributed by atoms with Crippen LogP contribution in [0.15, 0.2) is 102 Å². The molecular weight excluding hydrogens is 658 g/mol. The van der Waals surface area contributed by atoms with Crippen LogP contribution in [-0.4, -0.2) is 70.5 Å². The monoisotopic (exact) mass is 699 g/mol. The number of imidazole rings is 1. The molecule has 0 bridgehead atoms. The maximum atomic E-state index is 16.5. The Labute approximate surface area is 290 Å². The molecule has 2 N–H and O–H groups in total. The van der Waals surface area contributed by atoms with E-state index in [1.165, 1.54) is 21.9 Å². The Morgan fingerprint density at radius 2 is 1.54 bits per heavy atom. The molecule has 0 saturated carbocycles. The molecule has 1 aliphatic heterocycles. The fourth-order valence-electron chi connectivity index (χ4n) is 6.17. The predicted octanol–water partition coefficient (Wildman–Crippen LogP) is 5.32. The van der Waals surface area contributed by atoms with Crippen LogP contribution in [0.5, 0.6) is 5.75 Å². The van der Waals surface area contributed by atoms with Gasteiger partial charge in [0.15, 0.2) is 43.8 Å². The van der Waals surface area contributed by atoms with Gasteiger partial charge >= 0.3 is 0 Å². The highest BCUT2D eigenvalue weighted by molar-refractivity contribution is 6.74. The average molecular weight is 700 g/mol. The topological polar surface area (TPSA) is 130 Å². The molecule has 1 aliphatic rings. The van der Waals surface area contributed by atoms with Gasteiger partial charge in [-0.2, -0.15) is 0 Å². The first-order valence-corrected chi connectivity index (χ1v) is 19.3. The van der Waals surface area contributed by atoms with Crippen molar-refractivity contribution in [3.63, 3.8) is 0 Å². The van der Waals surface area contributed by atoms with Crippen LogP contribution in [0.4, 0.5) is 4.39 Å². The molecular formula is C37H42FN5O6Si. The van der Waals surface area contributed by atoms with E-state index >= 15 is 4.39 Å². The van der Waals surface area contributed by atoms with Crippen LogP contribution in [0.25, 0.3) is 11.2 Å². The number of aliphatic hydroxyl groups excluding tert-OH is 1. The quantitative estimate of drug-likeness (QED) is 0.107. The number of nitrogens with one attached hydrogen (secondary N) is 1. The summed E-state index contributed by atoms with van der Waals surface area (Å²) in [6.45, 7) is 9.04. The van der Waals surface area contributed by atoms with Crippen molar-refractivity contribution < 1.29 is 28.2 Å². The summed E-state index contributed by atoms with van der Waals surface area (Å²) in [5.74, 6) is 0.673. The number of aldehydes is 1. The second-order valence-electron chi connectivity index (χ2n) is 14.0. The van der Waals surface area contributed by atoms with E-state index in [1.807, 2.05) is 119 Å². The zero-order valence-electron chi connectivity index (χ0n) is 28.9. The average Bonchev–Trinajstić information content (AvgIpc) is 3.67. The summed E-state index contributed by atoms with van der Waals surface area (Å²) in [7, 11) is -1.03. The first-order chi connectivity index (χ1) is 23.8. The fraction of sp³-hybridized carbons (Fsp3) is 0.351. The van der Waals surface area contributed by atoms with Gasteiger partial charge in [-0.25, -0.2) is 19.0 Å². The van der Waals surface area contributed by atoms with E-state index in [-0.39, 0.29) is 16.2 Å². The molecule has 11 nitrogen and oxygen atoms in total. The summed E-state index contributed by atoms with van der Waals surface area (Å²) in [6, 6.07) is 27.0. The number of carbonyl (C=O) groups excluding carboxylic acids is 1. The zero-order chi connectivity index (χ0) is 35.9. The standard InChI is InChI=1S/C37H42FN5O6Si/c1-35(2,3)50(5,6)49-31-29(38)34(48-36(31,21-44)22-45)42-23-39-30-32(42)40-24-43(33(30)46)41-37(25-13-9-7-10-14-25,26-15-11-8-12-16-26)27-17-19-28(47-4)20-18-27/h7-21,23-24,29,31,34,41,45H,22H2,1-6H3/t29-,31-,34+,36+/m0/s1. The minimum atomic E-state index is -2.63. The molecule has 5 aromatic rings. The highest BCUT2D eigenvalue weighted by Gasteiger charge is 2.60. The van der Waals surface area contributed by atoms with Crippen LogP contribution < -0.4 is 15.7 Å². The molecule has 1 fully saturated rings. The number of fused-ring (bicyclic) bond motifs is 1. The number of alkyl halides is 1. The van der Waals surface area contributed by atoms with Gasteiger partial charge in [-0.1, -0.05) is 93.6 Å². The van der Waals surface area contributed by atoms with Crippen molar-refractivity contribution in [1.82, 2.24) is 19.2 Å². The molecule has 4 atom stereocenters. The number of hydrogen-bond acceptors (Lipinski definition) is 9. The second-order valence-corrected chi connectivity index (χ2v) is 18.8. The molecule has 0 spiro atoms. The Hall–Kier alpha value is -4.69. The van der Waals surface area contributed by atoms with Crippen molar-refractivity contribution in [3.05, 3.63) is 125 Å². The van der Waals surface area contributed by atoms with E-state index in [0.29, 0.717) is 12.0 Å². The number of aliphatic hydroxyl groups is 1. The van der Waals surface area contributed by atoms with Gasteiger partial charge in [0, 0.05) is 0 Å². The molecule has 0 unspecified atom stereocenters. The van der Waals surface area contributed by atoms with E-state index in [4.69, 9.17) is 13.9 Å². The number of halogens is 1. The molecule has 0 aliphatic carbocycles. The number of hydrogen-bond donors (Lipinski definition) is 2. The van der Waals surface area contributed by atoms with Gasteiger partial charge in [-0.05, 0) is 47.0 Å². The first kappa shape index (κ1) is 35.1. The normalized spacial score (nSPS) is 21.3. The number of nitrogens with zero attached hydrogens (tertiary/aromatic N) is 4. The van der Waals surface area contributed by atoms with Crippen molar-refractivity contribution in [3.8, 4) is 5.75 Å². The Morgan fingerprint density at radius 3 is 2.06 bits per heavy atom. The van der Waals surface area contributed by atoms with Gasteiger partial charge in [-0.15, -0.1) is 0 Å². The maximum absolute atomic E-state index is 16.5. The third-order valence-electron chi connectivity index (χ3n) is 10.0. The summed E-state index contributed by atoms with van der Waals surface area (Å²) in [4.78, 5) is 35.6. The second kappa shape index (κ2) is 13.2. The molecule has 13 heteroatoms. The maximum Gasteiger partial charge on any atom is 0.300 e. The highest BCUT2D eigenvalue weighted by atomic mass is 28.4. The van der Waals surface area contributed by atoms with Gasteiger partial charge in [0.25, 0.3) is 5.56 Å². The fourth-order valence-corrected chi connectivity index (χ4v) is 7.49. The van der Waals surface area contributed by atoms with Gasteiger partial charge in [-0.3, -0.25) is 14.2 Å². The van der Waals surface area contributed by atoms with Crippen LogP contribution in [0.2, 0.25) is 18.1 Å². The molecule has 0 amide bonds. The van der Waals surface area contributed by atoms with Crippen LogP contribution in [0.3, 0.4) is 0 Å². The van der Waals surface area contributed by atoms with Crippen molar-refractivity contribution >= 4 is 25.8 Å². The third kappa shape index (κ3) is 5.83. The number of carbonyl (C=O) groups is 1. The lowest BCUT2D eigenvalue weighted by Gasteiger charge is -2.41. The van der Waals surface area contributed by atoms with Crippen molar-refractivity contribution in [2.24, 2.45) is 0 Å². The summed E-state index contributed by atoms with van der Waals surface area (Å²) in [6.07, 6.45) is -1.76. The lowest BCUT2D eigenvalue weighted by Crippen LogP contribution is -2.55. The molecule has 3 aromatic carbocycles. The van der Waals surface area contributed by atoms with Gasteiger partial charge < -0.3 is 24.4 Å². The summed E-state index contributed by atoms with van der Waals surface area (Å²) < 4.78 is 36.8. The largest absolute Gasteiger partial charge is 0.497 e. The molecule has 2 aromatic heterocycles. The van der Waals surface area contributed by atoms with Crippen molar-refractivity contribution in [2.45, 2.75) is 68.5 Å². The van der Waals surface area contributed by atoms with Crippen molar-refractivity contribution in [2.75, 3.05) is 19.1 Å². The molecule has 6 rings (SSSR count). The van der Waals surface area contributed by atoms with Gasteiger partial charge in [0.1, 0.15) is 23.7 Å². The lowest BCUT2D eigenvalue weighted by atomic mass is 9.77. The SMILES string of the molecule is COc1ccc(C(Nn2cnc3c(ncn3[C@@H]3O[C@](C=O)(CO)[C@@H](O[Si](C)(C)C(C)(C)C)[C@@H]3F)c2=O)(c2ccccc2)c2ccccc2)cc1.